The van der Waals surface area contributed by atoms with Crippen LogP contribution in [0.25, 0.3) is 21.8 Å². The highest BCUT2D eigenvalue weighted by Gasteiger charge is 2.13. The number of rotatable bonds is 9. The number of hydrogen-bond acceptors (Lipinski definition) is 7. The van der Waals surface area contributed by atoms with E-state index in [4.69, 9.17) is 10.00 Å². The van der Waals surface area contributed by atoms with Crippen molar-refractivity contribution in [2.45, 2.75) is 6.10 Å². The number of aromatic hydroxyl groups is 1. The summed E-state index contributed by atoms with van der Waals surface area (Å²) < 4.78 is 30.9. The van der Waals surface area contributed by atoms with E-state index in [2.05, 4.69) is 21.1 Å². The van der Waals surface area contributed by atoms with Crippen LogP contribution in [0.5, 0.6) is 11.5 Å². The Morgan fingerprint density at radius 3 is 2.56 bits per heavy atom. The Morgan fingerprint density at radius 1 is 1.09 bits per heavy atom. The molecule has 0 radical (unpaired) electrons. The molecule has 0 aliphatic carbocycles. The molecule has 0 saturated carbocycles. The molecule has 10 heteroatoms. The Hall–Kier alpha value is -3.78. The zero-order chi connectivity index (χ0) is 24.3. The van der Waals surface area contributed by atoms with Crippen molar-refractivity contribution in [2.75, 3.05) is 30.7 Å². The summed E-state index contributed by atoms with van der Waals surface area (Å²) in [6.07, 6.45) is 0.0825. The van der Waals surface area contributed by atoms with Gasteiger partial charge in [-0.1, -0.05) is 12.1 Å². The fourth-order valence-corrected chi connectivity index (χ4v) is 4.25. The maximum Gasteiger partial charge on any atom is 0.229 e. The molecule has 0 aliphatic heterocycles. The summed E-state index contributed by atoms with van der Waals surface area (Å²) in [4.78, 5) is 3.31. The predicted molar refractivity (Wildman–Crippen MR) is 130 cm³/mol. The number of hydrogen-bond donors (Lipinski definition) is 5. The largest absolute Gasteiger partial charge is 0.506 e. The predicted octanol–water partition coefficient (Wildman–Crippen LogP) is 2.97. The number of phenols is 1. The van der Waals surface area contributed by atoms with Crippen LogP contribution < -0.4 is 14.8 Å². The number of H-pyrrole nitrogens is 1. The van der Waals surface area contributed by atoms with E-state index in [0.717, 1.165) is 28.1 Å². The third-order valence-electron chi connectivity index (χ3n) is 5.29. The van der Waals surface area contributed by atoms with Gasteiger partial charge >= 0.3 is 0 Å². The van der Waals surface area contributed by atoms with Crippen LogP contribution in [0.2, 0.25) is 0 Å². The highest BCUT2D eigenvalue weighted by Crippen LogP contribution is 2.29. The van der Waals surface area contributed by atoms with Crippen molar-refractivity contribution in [3.63, 3.8) is 0 Å². The topological polar surface area (TPSA) is 147 Å². The summed E-state index contributed by atoms with van der Waals surface area (Å²) in [6, 6.07) is 17.7. The molecule has 0 spiro atoms. The van der Waals surface area contributed by atoms with E-state index in [0.29, 0.717) is 30.0 Å². The van der Waals surface area contributed by atoms with Crippen molar-refractivity contribution in [1.82, 2.24) is 10.3 Å². The molecule has 0 bridgehead atoms. The molecule has 0 saturated heterocycles. The minimum atomic E-state index is -3.56. The number of aliphatic hydroxyl groups is 1. The lowest BCUT2D eigenvalue weighted by molar-refractivity contribution is 0.172. The standard InChI is InChI=1S/C24H24N4O5S/c1-34(31,32)28-22-11-16(3-7-23(22)29)24(30)14-26-8-9-33-17-4-6-19-18-5-2-15(13-25)10-20(18)27-21(19)12-17/h2-7,10-12,24,26-30H,8-9,14H2,1H3. The van der Waals surface area contributed by atoms with Crippen LogP contribution in [-0.4, -0.2) is 49.6 Å². The molecule has 176 valence electrons. The Balaban J connectivity index is 1.31. The van der Waals surface area contributed by atoms with Crippen LogP contribution in [0, 0.1) is 11.3 Å². The number of aromatic amines is 1. The van der Waals surface area contributed by atoms with Gasteiger partial charge in [0.1, 0.15) is 18.1 Å². The van der Waals surface area contributed by atoms with Gasteiger partial charge in [0.15, 0.2) is 0 Å². The molecule has 5 N–H and O–H groups in total. The van der Waals surface area contributed by atoms with Crippen LogP contribution in [0.3, 0.4) is 0 Å². The molecular formula is C24H24N4O5S. The van der Waals surface area contributed by atoms with Gasteiger partial charge in [-0.3, -0.25) is 4.72 Å². The average molecular weight is 481 g/mol. The second kappa shape index (κ2) is 9.61. The maximum absolute atomic E-state index is 11.4. The average Bonchev–Trinajstić information content (AvgIpc) is 3.16. The van der Waals surface area contributed by atoms with Gasteiger partial charge in [-0.05, 0) is 42.0 Å². The number of ether oxygens (including phenoxy) is 1. The molecule has 0 aliphatic rings. The SMILES string of the molecule is CS(=O)(=O)Nc1cc(C(O)CNCCOc2ccc3c(c2)[nH]c2cc(C#N)ccc23)ccc1O. The Bertz CT molecular complexity index is 1490. The molecule has 3 aromatic carbocycles. The smallest absolute Gasteiger partial charge is 0.229 e. The number of sulfonamides is 1. The molecular weight excluding hydrogens is 456 g/mol. The molecule has 1 atom stereocenters. The molecule has 1 unspecified atom stereocenters. The molecule has 4 aromatic rings. The van der Waals surface area contributed by atoms with Gasteiger partial charge in [0.05, 0.1) is 35.2 Å². The minimum Gasteiger partial charge on any atom is -0.506 e. The highest BCUT2D eigenvalue weighted by molar-refractivity contribution is 7.92. The molecule has 9 nitrogen and oxygen atoms in total. The van der Waals surface area contributed by atoms with Crippen molar-refractivity contribution in [3.05, 3.63) is 65.7 Å². The third kappa shape index (κ3) is 5.40. The molecule has 1 aromatic heterocycles. The van der Waals surface area contributed by atoms with Crippen molar-refractivity contribution in [1.29, 1.82) is 5.26 Å². The number of benzene rings is 3. The van der Waals surface area contributed by atoms with Crippen LogP contribution in [0.15, 0.2) is 54.6 Å². The van der Waals surface area contributed by atoms with Crippen molar-refractivity contribution in [3.8, 4) is 17.6 Å². The van der Waals surface area contributed by atoms with E-state index in [1.165, 1.54) is 18.2 Å². The molecule has 0 fully saturated rings. The molecule has 1 heterocycles. The zero-order valence-electron chi connectivity index (χ0n) is 18.4. The van der Waals surface area contributed by atoms with E-state index in [-0.39, 0.29) is 18.0 Å². The van der Waals surface area contributed by atoms with Crippen LogP contribution in [0.1, 0.15) is 17.2 Å². The quantitative estimate of drug-likeness (QED) is 0.183. The van der Waals surface area contributed by atoms with Gasteiger partial charge in [-0.15, -0.1) is 0 Å². The van der Waals surface area contributed by atoms with Crippen LogP contribution in [0.4, 0.5) is 5.69 Å². The summed E-state index contributed by atoms with van der Waals surface area (Å²) in [6.45, 7) is 1.06. The van der Waals surface area contributed by atoms with Gasteiger partial charge in [-0.25, -0.2) is 8.42 Å². The summed E-state index contributed by atoms with van der Waals surface area (Å²) in [5.74, 6) is 0.470. The number of phenolic OH excluding ortho intramolecular Hbond substituents is 1. The third-order valence-corrected chi connectivity index (χ3v) is 5.88. The Kier molecular flexibility index (Phi) is 6.61. The number of anilines is 1. The Labute approximate surface area is 196 Å². The van der Waals surface area contributed by atoms with E-state index in [1.807, 2.05) is 30.3 Å². The van der Waals surface area contributed by atoms with Crippen molar-refractivity contribution >= 4 is 37.5 Å². The van der Waals surface area contributed by atoms with E-state index in [9.17, 15) is 18.6 Å². The van der Waals surface area contributed by atoms with Gasteiger partial charge in [-0.2, -0.15) is 5.26 Å². The fourth-order valence-electron chi connectivity index (χ4n) is 3.69. The van der Waals surface area contributed by atoms with Gasteiger partial charge in [0.2, 0.25) is 10.0 Å². The summed E-state index contributed by atoms with van der Waals surface area (Å²) in [5, 5.41) is 34.5. The molecule has 4 rings (SSSR count). The lowest BCUT2D eigenvalue weighted by Crippen LogP contribution is -2.26. The Morgan fingerprint density at radius 2 is 1.82 bits per heavy atom. The summed E-state index contributed by atoms with van der Waals surface area (Å²) >= 11 is 0. The first-order valence-corrected chi connectivity index (χ1v) is 12.4. The minimum absolute atomic E-state index is 0.0126. The number of aromatic nitrogens is 1. The van der Waals surface area contributed by atoms with E-state index < -0.39 is 16.1 Å². The van der Waals surface area contributed by atoms with E-state index >= 15 is 0 Å². The van der Waals surface area contributed by atoms with Gasteiger partial charge < -0.3 is 25.3 Å². The summed E-state index contributed by atoms with van der Waals surface area (Å²) in [7, 11) is -3.56. The molecule has 0 amide bonds. The van der Waals surface area contributed by atoms with Crippen LogP contribution in [-0.2, 0) is 10.0 Å². The first-order chi connectivity index (χ1) is 16.2. The first kappa shape index (κ1) is 23.4. The fraction of sp³-hybridized carbons (Fsp3) is 0.208. The lowest BCUT2D eigenvalue weighted by Gasteiger charge is -2.15. The second-order valence-corrected chi connectivity index (χ2v) is 9.67. The first-order valence-electron chi connectivity index (χ1n) is 10.5. The monoisotopic (exact) mass is 480 g/mol. The maximum atomic E-state index is 11.4. The zero-order valence-corrected chi connectivity index (χ0v) is 19.2. The van der Waals surface area contributed by atoms with Gasteiger partial charge in [0, 0.05) is 35.4 Å². The van der Waals surface area contributed by atoms with Crippen LogP contribution >= 0.6 is 0 Å². The van der Waals surface area contributed by atoms with Gasteiger partial charge in [0.25, 0.3) is 0 Å². The van der Waals surface area contributed by atoms with Crippen molar-refractivity contribution in [2.24, 2.45) is 0 Å². The number of nitriles is 1. The number of nitrogens with one attached hydrogen (secondary N) is 3. The highest BCUT2D eigenvalue weighted by atomic mass is 32.2. The second-order valence-electron chi connectivity index (χ2n) is 7.92. The summed E-state index contributed by atoms with van der Waals surface area (Å²) in [5.41, 5.74) is 2.88. The molecule has 34 heavy (non-hydrogen) atoms. The number of nitrogens with zero attached hydrogens (tertiary/aromatic N) is 1. The lowest BCUT2D eigenvalue weighted by atomic mass is 10.1. The van der Waals surface area contributed by atoms with Crippen molar-refractivity contribution < 1.29 is 23.4 Å². The number of fused-ring (bicyclic) bond motifs is 3. The number of aliphatic hydroxyl groups excluding tert-OH is 1. The van der Waals surface area contributed by atoms with E-state index in [1.54, 1.807) is 6.07 Å². The normalized spacial score (nSPS) is 12.5.